The maximum Gasteiger partial charge on any atom is 0.337 e. The molecule has 0 saturated heterocycles. The number of carbonyl (C=O) groups excluding carboxylic acids is 2. The number of ether oxygens (including phenoxy) is 1. The van der Waals surface area contributed by atoms with E-state index in [4.69, 9.17) is 4.74 Å². The number of methoxy groups -OCH3 is 1. The molecule has 0 radical (unpaired) electrons. The highest BCUT2D eigenvalue weighted by atomic mass is 16.5. The topological polar surface area (TPSA) is 55.4 Å². The van der Waals surface area contributed by atoms with Crippen LogP contribution in [0.5, 0.6) is 0 Å². The van der Waals surface area contributed by atoms with Gasteiger partial charge in [-0.15, -0.1) is 0 Å². The largest absolute Gasteiger partial charge is 0.465 e. The van der Waals surface area contributed by atoms with E-state index in [0.717, 1.165) is 23.2 Å². The first-order valence-electron chi connectivity index (χ1n) is 8.85. The number of hydrogen-bond donors (Lipinski definition) is 1. The van der Waals surface area contributed by atoms with Gasteiger partial charge in [0.25, 0.3) is 0 Å². The van der Waals surface area contributed by atoms with Crippen LogP contribution in [0, 0.1) is 5.92 Å². The lowest BCUT2D eigenvalue weighted by atomic mass is 9.76. The van der Waals surface area contributed by atoms with E-state index in [-0.39, 0.29) is 17.8 Å². The zero-order valence-electron chi connectivity index (χ0n) is 14.9. The Hall–Kier alpha value is -2.88. The van der Waals surface area contributed by atoms with Crippen molar-refractivity contribution in [2.45, 2.75) is 25.3 Å². The first-order valence-corrected chi connectivity index (χ1v) is 8.85. The van der Waals surface area contributed by atoms with Crippen molar-refractivity contribution < 1.29 is 14.3 Å². The number of nitrogens with one attached hydrogen (secondary N) is 1. The first kappa shape index (κ1) is 16.6. The minimum atomic E-state index is -0.323. The van der Waals surface area contributed by atoms with E-state index in [1.165, 1.54) is 12.7 Å². The van der Waals surface area contributed by atoms with Crippen LogP contribution in [0.1, 0.15) is 57.1 Å². The Morgan fingerprint density at radius 2 is 1.81 bits per heavy atom. The summed E-state index contributed by atoms with van der Waals surface area (Å²) < 4.78 is 4.78. The van der Waals surface area contributed by atoms with Gasteiger partial charge in [0.1, 0.15) is 0 Å². The predicted molar refractivity (Wildman–Crippen MR) is 101 cm³/mol. The van der Waals surface area contributed by atoms with Gasteiger partial charge in [0.15, 0.2) is 5.78 Å². The summed E-state index contributed by atoms with van der Waals surface area (Å²) in [5.74, 6) is 0.465. The van der Waals surface area contributed by atoms with Gasteiger partial charge in [0.2, 0.25) is 0 Å². The van der Waals surface area contributed by atoms with Crippen LogP contribution in [0.2, 0.25) is 0 Å². The van der Waals surface area contributed by atoms with E-state index < -0.39 is 0 Å². The minimum absolute atomic E-state index is 0.0897. The van der Waals surface area contributed by atoms with E-state index in [2.05, 4.69) is 17.5 Å². The van der Waals surface area contributed by atoms with Gasteiger partial charge >= 0.3 is 5.97 Å². The molecule has 0 saturated carbocycles. The van der Waals surface area contributed by atoms with Crippen LogP contribution < -0.4 is 5.32 Å². The summed E-state index contributed by atoms with van der Waals surface area (Å²) in [6.45, 7) is 1.60. The number of hydrogen-bond acceptors (Lipinski definition) is 4. The van der Waals surface area contributed by atoms with Crippen LogP contribution in [-0.4, -0.2) is 18.9 Å². The highest BCUT2D eigenvalue weighted by Gasteiger charge is 2.38. The number of ketones is 1. The Balaban J connectivity index is 1.69. The van der Waals surface area contributed by atoms with Crippen molar-refractivity contribution in [1.29, 1.82) is 0 Å². The number of rotatable bonds is 3. The Morgan fingerprint density at radius 3 is 2.50 bits per heavy atom. The molecule has 2 aromatic carbocycles. The maximum atomic E-state index is 11.7. The summed E-state index contributed by atoms with van der Waals surface area (Å²) >= 11 is 0. The highest BCUT2D eigenvalue weighted by Crippen LogP contribution is 2.49. The second-order valence-electron chi connectivity index (χ2n) is 6.95. The third-order valence-electron chi connectivity index (χ3n) is 5.46. The number of benzene rings is 2. The maximum absolute atomic E-state index is 11.7. The van der Waals surface area contributed by atoms with Crippen LogP contribution in [0.3, 0.4) is 0 Å². The van der Waals surface area contributed by atoms with Crippen molar-refractivity contribution >= 4 is 17.4 Å². The van der Waals surface area contributed by atoms with Crippen molar-refractivity contribution in [3.8, 4) is 0 Å². The fourth-order valence-corrected chi connectivity index (χ4v) is 4.09. The molecule has 0 amide bonds. The molecule has 132 valence electrons. The van der Waals surface area contributed by atoms with Crippen LogP contribution in [0.15, 0.2) is 54.6 Å². The van der Waals surface area contributed by atoms with Crippen molar-refractivity contribution in [2.75, 3.05) is 12.4 Å². The summed E-state index contributed by atoms with van der Waals surface area (Å²) in [5, 5.41) is 3.65. The Labute approximate surface area is 152 Å². The molecule has 26 heavy (non-hydrogen) atoms. The molecule has 4 heteroatoms. The zero-order chi connectivity index (χ0) is 18.3. The summed E-state index contributed by atoms with van der Waals surface area (Å²) in [4.78, 5) is 23.4. The Bertz CT molecular complexity index is 898. The van der Waals surface area contributed by atoms with Crippen molar-refractivity contribution in [1.82, 2.24) is 0 Å². The molecule has 1 aliphatic carbocycles. The molecular weight excluding hydrogens is 326 g/mol. The lowest BCUT2D eigenvalue weighted by Crippen LogP contribution is -2.29. The number of allylic oxidation sites excluding steroid dienone is 2. The second kappa shape index (κ2) is 6.45. The zero-order valence-corrected chi connectivity index (χ0v) is 14.9. The van der Waals surface area contributed by atoms with Gasteiger partial charge in [0.05, 0.1) is 18.7 Å². The third-order valence-corrected chi connectivity index (χ3v) is 5.46. The molecular formula is C22H21NO3. The molecule has 2 aliphatic rings. The fraction of sp³-hybridized carbons (Fsp3) is 0.273. The van der Waals surface area contributed by atoms with Gasteiger partial charge in [-0.3, -0.25) is 4.79 Å². The molecule has 1 heterocycles. The number of esters is 1. The van der Waals surface area contributed by atoms with Gasteiger partial charge in [0, 0.05) is 17.2 Å². The van der Waals surface area contributed by atoms with E-state index in [1.54, 1.807) is 6.92 Å². The molecule has 3 atom stereocenters. The van der Waals surface area contributed by atoms with Gasteiger partial charge in [-0.2, -0.15) is 0 Å². The molecule has 0 fully saturated rings. The molecule has 4 nitrogen and oxygen atoms in total. The van der Waals surface area contributed by atoms with Gasteiger partial charge < -0.3 is 10.1 Å². The summed E-state index contributed by atoms with van der Waals surface area (Å²) in [5.41, 5.74) is 4.73. The number of fused-ring (bicyclic) bond motifs is 3. The van der Waals surface area contributed by atoms with Crippen molar-refractivity contribution in [3.63, 3.8) is 0 Å². The van der Waals surface area contributed by atoms with E-state index >= 15 is 0 Å². The SMILES string of the molecule is COC(=O)c1ccc([C@H]2Nc3ccc(C(C)=O)cc3[C@@H]3C=CC[C@@H]23)cc1. The molecule has 0 aromatic heterocycles. The lowest BCUT2D eigenvalue weighted by molar-refractivity contribution is 0.0600. The van der Waals surface area contributed by atoms with Gasteiger partial charge in [-0.25, -0.2) is 4.79 Å². The van der Waals surface area contributed by atoms with E-state index in [9.17, 15) is 9.59 Å². The molecule has 0 unspecified atom stereocenters. The monoisotopic (exact) mass is 347 g/mol. The first-order chi connectivity index (χ1) is 12.6. The second-order valence-corrected chi connectivity index (χ2v) is 6.95. The van der Waals surface area contributed by atoms with Crippen LogP contribution >= 0.6 is 0 Å². The molecule has 0 spiro atoms. The Kier molecular flexibility index (Phi) is 4.11. The fourth-order valence-electron chi connectivity index (χ4n) is 4.09. The summed E-state index contributed by atoms with van der Waals surface area (Å²) in [7, 11) is 1.39. The average molecular weight is 347 g/mol. The van der Waals surface area contributed by atoms with Crippen molar-refractivity contribution in [3.05, 3.63) is 76.9 Å². The van der Waals surface area contributed by atoms with Gasteiger partial charge in [-0.05, 0) is 60.7 Å². The summed E-state index contributed by atoms with van der Waals surface area (Å²) in [6, 6.07) is 13.7. The van der Waals surface area contributed by atoms with E-state index in [1.807, 2.05) is 42.5 Å². The highest BCUT2D eigenvalue weighted by molar-refractivity contribution is 5.95. The molecule has 4 rings (SSSR count). The number of anilines is 1. The molecule has 1 N–H and O–H groups in total. The Morgan fingerprint density at radius 1 is 1.08 bits per heavy atom. The van der Waals surface area contributed by atoms with Gasteiger partial charge in [-0.1, -0.05) is 24.3 Å². The van der Waals surface area contributed by atoms with E-state index in [0.29, 0.717) is 17.4 Å². The minimum Gasteiger partial charge on any atom is -0.465 e. The summed E-state index contributed by atoms with van der Waals surface area (Å²) in [6.07, 6.45) is 5.47. The molecule has 1 aliphatic heterocycles. The molecule has 0 bridgehead atoms. The number of carbonyl (C=O) groups is 2. The standard InChI is InChI=1S/C22H21NO3/c1-13(24)16-10-11-20-19(12-16)17-4-3-5-18(17)21(23-20)14-6-8-15(9-7-14)22(25)26-2/h3-4,6-12,17-18,21,23H,5H2,1-2H3/t17-,18-,21-/m1/s1. The lowest BCUT2D eigenvalue weighted by Gasteiger charge is -2.37. The normalized spacial score (nSPS) is 22.9. The quantitative estimate of drug-likeness (QED) is 0.504. The number of Topliss-reactive ketones (excluding diaryl/α,β-unsaturated/α-hetero) is 1. The van der Waals surface area contributed by atoms with Crippen LogP contribution in [0.25, 0.3) is 0 Å². The van der Waals surface area contributed by atoms with Crippen LogP contribution in [-0.2, 0) is 4.74 Å². The predicted octanol–water partition coefficient (Wildman–Crippen LogP) is 4.50. The third kappa shape index (κ3) is 2.71. The van der Waals surface area contributed by atoms with Crippen LogP contribution in [0.4, 0.5) is 5.69 Å². The average Bonchev–Trinajstić information content (AvgIpc) is 3.16. The van der Waals surface area contributed by atoms with Crippen molar-refractivity contribution in [2.24, 2.45) is 5.92 Å². The smallest absolute Gasteiger partial charge is 0.337 e. The molecule has 2 aromatic rings.